The van der Waals surface area contributed by atoms with Crippen LogP contribution in [0.5, 0.6) is 0 Å². The lowest BCUT2D eigenvalue weighted by atomic mass is 9.90. The summed E-state index contributed by atoms with van der Waals surface area (Å²) in [4.78, 5) is 0. The molecule has 0 aromatic carbocycles. The molecule has 0 bridgehead atoms. The first-order valence-electron chi connectivity index (χ1n) is 10.9. The van der Waals surface area contributed by atoms with E-state index in [4.69, 9.17) is 0 Å². The van der Waals surface area contributed by atoms with Crippen LogP contribution in [-0.4, -0.2) is 0 Å². The second-order valence-corrected chi connectivity index (χ2v) is 9.89. The maximum atomic E-state index is 1.62. The van der Waals surface area contributed by atoms with Crippen molar-refractivity contribution in [3.05, 3.63) is 0 Å². The first-order chi connectivity index (χ1) is 10.9. The van der Waals surface area contributed by atoms with Gasteiger partial charge < -0.3 is 0 Å². The predicted molar refractivity (Wildman–Crippen MR) is 92.6 cm³/mol. The van der Waals surface area contributed by atoms with Crippen molar-refractivity contribution in [3.63, 3.8) is 0 Å². The number of hydrogen-bond donors (Lipinski definition) is 0. The van der Waals surface area contributed by atoms with Crippen LogP contribution in [0, 0.1) is 47.3 Å². The third kappa shape index (κ3) is 2.30. The lowest BCUT2D eigenvalue weighted by molar-refractivity contribution is 0.334. The van der Waals surface area contributed by atoms with Gasteiger partial charge in [0.2, 0.25) is 0 Å². The van der Waals surface area contributed by atoms with E-state index in [1.54, 1.807) is 89.9 Å². The normalized spacial score (nSPS) is 54.5. The second-order valence-electron chi connectivity index (χ2n) is 9.89. The standard InChI is InChI=1S/2C11H18/c2*1-3-8-7-9-4-2-6-11(9)10(8)5-1/h2*8-11H,1-7H2. The van der Waals surface area contributed by atoms with Crippen molar-refractivity contribution in [2.24, 2.45) is 47.3 Å². The van der Waals surface area contributed by atoms with E-state index in [0.29, 0.717) is 0 Å². The van der Waals surface area contributed by atoms with Crippen molar-refractivity contribution >= 4 is 0 Å². The summed E-state index contributed by atoms with van der Waals surface area (Å²) < 4.78 is 0. The number of fused-ring (bicyclic) bond motifs is 6. The zero-order valence-corrected chi connectivity index (χ0v) is 14.5. The Morgan fingerprint density at radius 1 is 0.318 bits per heavy atom. The molecule has 6 fully saturated rings. The van der Waals surface area contributed by atoms with Gasteiger partial charge in [-0.15, -0.1) is 0 Å². The van der Waals surface area contributed by atoms with Crippen molar-refractivity contribution in [2.75, 3.05) is 0 Å². The van der Waals surface area contributed by atoms with Gasteiger partial charge in [0.05, 0.1) is 0 Å². The number of rotatable bonds is 0. The lowest BCUT2D eigenvalue weighted by Crippen LogP contribution is -2.08. The molecule has 8 unspecified atom stereocenters. The molecule has 6 rings (SSSR count). The molecule has 0 saturated heterocycles. The molecule has 0 amide bonds. The van der Waals surface area contributed by atoms with Crippen LogP contribution in [0.3, 0.4) is 0 Å². The first kappa shape index (κ1) is 14.4. The van der Waals surface area contributed by atoms with Crippen LogP contribution in [0.2, 0.25) is 0 Å². The SMILES string of the molecule is C1CC2CC3CCCC3C2C1.C1CC2CC3CCCC3C2C1. The van der Waals surface area contributed by atoms with Gasteiger partial charge in [-0.25, -0.2) is 0 Å². The Bertz CT molecular complexity index is 325. The minimum Gasteiger partial charge on any atom is -0.0527 e. The van der Waals surface area contributed by atoms with Gasteiger partial charge in [0.1, 0.15) is 0 Å². The molecule has 6 aliphatic rings. The van der Waals surface area contributed by atoms with Gasteiger partial charge >= 0.3 is 0 Å². The zero-order valence-electron chi connectivity index (χ0n) is 14.5. The molecule has 22 heavy (non-hydrogen) atoms. The van der Waals surface area contributed by atoms with Gasteiger partial charge in [-0.1, -0.05) is 51.4 Å². The van der Waals surface area contributed by atoms with Crippen LogP contribution in [0.4, 0.5) is 0 Å². The van der Waals surface area contributed by atoms with Crippen molar-refractivity contribution in [3.8, 4) is 0 Å². The van der Waals surface area contributed by atoms with E-state index in [1.807, 2.05) is 0 Å². The minimum absolute atomic E-state index is 1.19. The summed E-state index contributed by atoms with van der Waals surface area (Å²) in [5.41, 5.74) is 0. The monoisotopic (exact) mass is 300 g/mol. The fourth-order valence-electron chi connectivity index (χ4n) is 8.47. The van der Waals surface area contributed by atoms with Crippen LogP contribution < -0.4 is 0 Å². The summed E-state index contributed by atoms with van der Waals surface area (Å²) in [5.74, 6) is 9.53. The Morgan fingerprint density at radius 2 is 0.591 bits per heavy atom. The summed E-state index contributed by atoms with van der Waals surface area (Å²) in [6.45, 7) is 0. The predicted octanol–water partition coefficient (Wildman–Crippen LogP) is 6.45. The molecule has 0 heterocycles. The van der Waals surface area contributed by atoms with Crippen LogP contribution in [0.25, 0.3) is 0 Å². The highest BCUT2D eigenvalue weighted by molar-refractivity contribution is 4.97. The van der Waals surface area contributed by atoms with Crippen LogP contribution >= 0.6 is 0 Å². The van der Waals surface area contributed by atoms with Crippen LogP contribution in [0.1, 0.15) is 89.9 Å². The summed E-state index contributed by atoms with van der Waals surface area (Å²) >= 11 is 0. The Balaban J connectivity index is 0.000000102. The molecule has 0 aromatic rings. The van der Waals surface area contributed by atoms with Gasteiger partial charge in [-0.3, -0.25) is 0 Å². The van der Waals surface area contributed by atoms with Crippen LogP contribution in [-0.2, 0) is 0 Å². The fraction of sp³-hybridized carbons (Fsp3) is 1.00. The summed E-state index contributed by atoms with van der Waals surface area (Å²) in [7, 11) is 0. The van der Waals surface area contributed by atoms with Gasteiger partial charge in [-0.2, -0.15) is 0 Å². The maximum absolute atomic E-state index is 1.62. The molecule has 0 aliphatic heterocycles. The van der Waals surface area contributed by atoms with E-state index in [0.717, 1.165) is 0 Å². The molecule has 0 spiro atoms. The van der Waals surface area contributed by atoms with Crippen molar-refractivity contribution in [1.29, 1.82) is 0 Å². The van der Waals surface area contributed by atoms with E-state index in [9.17, 15) is 0 Å². The van der Waals surface area contributed by atoms with E-state index < -0.39 is 0 Å². The van der Waals surface area contributed by atoms with Gasteiger partial charge in [0.25, 0.3) is 0 Å². The second kappa shape index (κ2) is 5.82. The fourth-order valence-corrected chi connectivity index (χ4v) is 8.47. The Hall–Kier alpha value is 0. The Kier molecular flexibility index (Phi) is 3.79. The highest BCUT2D eigenvalue weighted by Gasteiger charge is 2.47. The van der Waals surface area contributed by atoms with E-state index in [-0.39, 0.29) is 0 Å². The Morgan fingerprint density at radius 3 is 0.864 bits per heavy atom. The topological polar surface area (TPSA) is 0 Å². The Labute approximate surface area is 137 Å². The molecular formula is C22H36. The lowest BCUT2D eigenvalue weighted by Gasteiger charge is -2.15. The molecule has 6 saturated carbocycles. The quantitative estimate of drug-likeness (QED) is 0.482. The van der Waals surface area contributed by atoms with Crippen LogP contribution in [0.15, 0.2) is 0 Å². The van der Waals surface area contributed by atoms with Crippen molar-refractivity contribution in [2.45, 2.75) is 89.9 Å². The molecule has 124 valence electrons. The van der Waals surface area contributed by atoms with E-state index >= 15 is 0 Å². The third-order valence-corrected chi connectivity index (χ3v) is 9.18. The maximum Gasteiger partial charge on any atom is -0.0355 e. The van der Waals surface area contributed by atoms with Gasteiger partial charge in [-0.05, 0) is 85.9 Å². The summed E-state index contributed by atoms with van der Waals surface area (Å²) in [6, 6.07) is 0. The van der Waals surface area contributed by atoms with Crippen molar-refractivity contribution in [1.82, 2.24) is 0 Å². The molecule has 0 heteroatoms. The first-order valence-corrected chi connectivity index (χ1v) is 10.9. The minimum atomic E-state index is 1.19. The highest BCUT2D eigenvalue weighted by Crippen LogP contribution is 2.57. The summed E-state index contributed by atoms with van der Waals surface area (Å²) in [6.07, 6.45) is 22.1. The third-order valence-electron chi connectivity index (χ3n) is 9.18. The number of hydrogen-bond acceptors (Lipinski definition) is 0. The molecule has 8 atom stereocenters. The molecule has 0 nitrogen and oxygen atoms in total. The smallest absolute Gasteiger partial charge is 0.0355 e. The molecular weight excluding hydrogens is 264 g/mol. The average molecular weight is 301 g/mol. The molecule has 0 N–H and O–H groups in total. The van der Waals surface area contributed by atoms with E-state index in [1.165, 1.54) is 47.3 Å². The van der Waals surface area contributed by atoms with E-state index in [2.05, 4.69) is 0 Å². The summed E-state index contributed by atoms with van der Waals surface area (Å²) in [5, 5.41) is 0. The molecule has 0 radical (unpaired) electrons. The zero-order chi connectivity index (χ0) is 14.5. The molecule has 6 aliphatic carbocycles. The molecule has 0 aromatic heterocycles. The van der Waals surface area contributed by atoms with Crippen molar-refractivity contribution < 1.29 is 0 Å². The average Bonchev–Trinajstić information content (AvgIpc) is 3.27. The largest absolute Gasteiger partial charge is 0.0527 e. The van der Waals surface area contributed by atoms with Gasteiger partial charge in [0.15, 0.2) is 0 Å². The highest BCUT2D eigenvalue weighted by atomic mass is 14.5. The van der Waals surface area contributed by atoms with Gasteiger partial charge in [0, 0.05) is 0 Å².